The van der Waals surface area contributed by atoms with Gasteiger partial charge in [-0.2, -0.15) is 21.1 Å². The van der Waals surface area contributed by atoms with E-state index in [9.17, 15) is 33.0 Å². The van der Waals surface area contributed by atoms with Crippen LogP contribution < -0.4 is 9.47 Å². The van der Waals surface area contributed by atoms with Gasteiger partial charge >= 0.3 is 20.4 Å². The average Bonchev–Trinajstić information content (AvgIpc) is 2.52. The molecule has 1 aliphatic rings. The van der Waals surface area contributed by atoms with Crippen LogP contribution in [-0.4, -0.2) is 67.4 Å². The molecule has 1 aromatic carbocycles. The molecule has 0 saturated carbocycles. The van der Waals surface area contributed by atoms with Crippen LogP contribution >= 0.6 is 0 Å². The third kappa shape index (κ3) is 5.75. The van der Waals surface area contributed by atoms with Gasteiger partial charge in [0.05, 0.1) is 16.4 Å². The molecule has 0 unspecified atom stereocenters. The number of halogens is 2. The van der Waals surface area contributed by atoms with Crippen LogP contribution in [0.15, 0.2) is 23.1 Å². The molecule has 0 bridgehead atoms. The fraction of sp³-hybridized carbons (Fsp3) is 0.500. The Kier molecular flexibility index (Phi) is 6.09. The zero-order valence-electron chi connectivity index (χ0n) is 13.2. The Bertz CT molecular complexity index is 940. The van der Waals surface area contributed by atoms with Gasteiger partial charge in [0.15, 0.2) is 11.5 Å². The highest BCUT2D eigenvalue weighted by Crippen LogP contribution is 2.33. The fourth-order valence-electron chi connectivity index (χ4n) is 2.11. The normalized spacial score (nSPS) is 15.2. The zero-order chi connectivity index (χ0) is 19.6. The van der Waals surface area contributed by atoms with Crippen LogP contribution in [0.4, 0.5) is 7.77 Å². The minimum absolute atomic E-state index is 0.119. The minimum Gasteiger partial charge on any atom is -0.486 e. The molecule has 0 atom stereocenters. The fourth-order valence-corrected chi connectivity index (χ4v) is 4.67. The van der Waals surface area contributed by atoms with Crippen molar-refractivity contribution in [3.63, 3.8) is 0 Å². The molecule has 148 valence electrons. The number of benzene rings is 1. The van der Waals surface area contributed by atoms with Gasteiger partial charge in [-0.05, 0) is 12.1 Å². The van der Waals surface area contributed by atoms with E-state index in [1.165, 1.54) is 6.07 Å². The number of fused-ring (bicyclic) bond motifs is 1. The van der Waals surface area contributed by atoms with E-state index in [1.807, 2.05) is 0 Å². The van der Waals surface area contributed by atoms with Crippen LogP contribution in [0.25, 0.3) is 0 Å². The third-order valence-corrected chi connectivity index (χ3v) is 6.56. The summed E-state index contributed by atoms with van der Waals surface area (Å²) in [5.74, 6) is -2.00. The van der Waals surface area contributed by atoms with Crippen molar-refractivity contribution in [2.45, 2.75) is 4.90 Å². The number of ether oxygens (including phenoxy) is 2. The van der Waals surface area contributed by atoms with Gasteiger partial charge in [-0.25, -0.2) is 8.42 Å². The van der Waals surface area contributed by atoms with Gasteiger partial charge in [0, 0.05) is 19.2 Å². The molecule has 1 aliphatic heterocycles. The molecule has 1 heterocycles. The first kappa shape index (κ1) is 20.8. The molecule has 26 heavy (non-hydrogen) atoms. The second-order valence-electron chi connectivity index (χ2n) is 5.20. The molecule has 0 aromatic heterocycles. The van der Waals surface area contributed by atoms with Crippen LogP contribution in [0, 0.1) is 0 Å². The molecule has 0 saturated heterocycles. The van der Waals surface area contributed by atoms with Crippen LogP contribution in [0.2, 0.25) is 0 Å². The highest BCUT2D eigenvalue weighted by molar-refractivity contribution is 7.89. The maximum absolute atomic E-state index is 12.8. The molecule has 14 heteroatoms. The Labute approximate surface area is 150 Å². The molecule has 1 aromatic rings. The quantitative estimate of drug-likeness (QED) is 0.525. The number of sulfonamides is 1. The van der Waals surface area contributed by atoms with Crippen LogP contribution in [-0.2, 0) is 30.5 Å². The van der Waals surface area contributed by atoms with E-state index in [2.05, 4.69) is 0 Å². The van der Waals surface area contributed by atoms with E-state index in [4.69, 9.17) is 9.47 Å². The Morgan fingerprint density at radius 1 is 0.846 bits per heavy atom. The van der Waals surface area contributed by atoms with E-state index in [0.29, 0.717) is 10.1 Å². The van der Waals surface area contributed by atoms with Crippen LogP contribution in [0.3, 0.4) is 0 Å². The summed E-state index contributed by atoms with van der Waals surface area (Å²) in [5, 5.41) is 0. The Hall–Kier alpha value is -1.51. The lowest BCUT2D eigenvalue weighted by Crippen LogP contribution is -2.37. The van der Waals surface area contributed by atoms with Crippen molar-refractivity contribution in [1.29, 1.82) is 0 Å². The topological polar surface area (TPSA) is 124 Å². The van der Waals surface area contributed by atoms with Crippen molar-refractivity contribution >= 4 is 30.5 Å². The summed E-state index contributed by atoms with van der Waals surface area (Å²) in [5.41, 5.74) is 0. The summed E-state index contributed by atoms with van der Waals surface area (Å²) in [4.78, 5) is -0.366. The summed E-state index contributed by atoms with van der Waals surface area (Å²) < 4.78 is 104. The molecule has 0 spiro atoms. The van der Waals surface area contributed by atoms with Gasteiger partial charge in [-0.3, -0.25) is 0 Å². The predicted molar refractivity (Wildman–Crippen MR) is 86.0 cm³/mol. The summed E-state index contributed by atoms with van der Waals surface area (Å²) in [6, 6.07) is 3.53. The SMILES string of the molecule is O=S(=O)(F)CCN(CCS(=O)(=O)F)S(=O)(=O)c1ccc2c(c1)OCCO2. The minimum atomic E-state index is -5.02. The standard InChI is InChI=1S/C12H15F2NO8S3/c13-24(16,17)7-3-15(4-8-25(14,18)19)26(20,21)10-1-2-11-12(9-10)23-6-5-22-11/h1-2,9H,3-8H2. The van der Waals surface area contributed by atoms with Crippen molar-refractivity contribution in [3.05, 3.63) is 18.2 Å². The summed E-state index contributed by atoms with van der Waals surface area (Å²) in [6.45, 7) is -1.31. The smallest absolute Gasteiger partial charge is 0.303 e. The maximum atomic E-state index is 12.8. The van der Waals surface area contributed by atoms with Gasteiger partial charge in [0.2, 0.25) is 10.0 Å². The molecular weight excluding hydrogens is 420 g/mol. The van der Waals surface area contributed by atoms with Crippen molar-refractivity contribution in [2.24, 2.45) is 0 Å². The number of hydrogen-bond acceptors (Lipinski definition) is 8. The molecule has 0 amide bonds. The zero-order valence-corrected chi connectivity index (χ0v) is 15.6. The van der Waals surface area contributed by atoms with Crippen molar-refractivity contribution < 1.29 is 42.5 Å². The first-order chi connectivity index (χ1) is 11.9. The van der Waals surface area contributed by atoms with Crippen molar-refractivity contribution in [1.82, 2.24) is 4.31 Å². The van der Waals surface area contributed by atoms with Crippen LogP contribution in [0.5, 0.6) is 11.5 Å². The summed E-state index contributed by atoms with van der Waals surface area (Å²) in [7, 11) is -14.5. The largest absolute Gasteiger partial charge is 0.486 e. The lowest BCUT2D eigenvalue weighted by Gasteiger charge is -2.23. The van der Waals surface area contributed by atoms with Gasteiger partial charge in [0.25, 0.3) is 0 Å². The molecule has 0 N–H and O–H groups in total. The van der Waals surface area contributed by atoms with Crippen molar-refractivity contribution in [3.8, 4) is 11.5 Å². The highest BCUT2D eigenvalue weighted by Gasteiger charge is 2.29. The van der Waals surface area contributed by atoms with E-state index < -0.39 is 55.1 Å². The Balaban J connectivity index is 2.33. The summed E-state index contributed by atoms with van der Waals surface area (Å²) in [6.07, 6.45) is 0. The number of nitrogens with zero attached hydrogens (tertiary/aromatic N) is 1. The van der Waals surface area contributed by atoms with Gasteiger partial charge in [-0.1, -0.05) is 0 Å². The first-order valence-corrected chi connectivity index (χ1v) is 11.7. The summed E-state index contributed by atoms with van der Waals surface area (Å²) >= 11 is 0. The Morgan fingerprint density at radius 3 is 1.85 bits per heavy atom. The average molecular weight is 435 g/mol. The van der Waals surface area contributed by atoms with E-state index >= 15 is 0 Å². The number of rotatable bonds is 8. The third-order valence-electron chi connectivity index (χ3n) is 3.32. The van der Waals surface area contributed by atoms with Crippen LogP contribution in [0.1, 0.15) is 0 Å². The monoisotopic (exact) mass is 435 g/mol. The molecular formula is C12H15F2NO8S3. The second kappa shape index (κ2) is 7.62. The van der Waals surface area contributed by atoms with Crippen molar-refractivity contribution in [2.75, 3.05) is 37.8 Å². The van der Waals surface area contributed by atoms with E-state index in [1.54, 1.807) is 0 Å². The maximum Gasteiger partial charge on any atom is 0.303 e. The molecule has 2 rings (SSSR count). The second-order valence-corrected chi connectivity index (χ2v) is 10.1. The van der Waals surface area contributed by atoms with E-state index in [-0.39, 0.29) is 23.9 Å². The molecule has 0 radical (unpaired) electrons. The molecule has 9 nitrogen and oxygen atoms in total. The van der Waals surface area contributed by atoms with Gasteiger partial charge < -0.3 is 9.47 Å². The predicted octanol–water partition coefficient (Wildman–Crippen LogP) is 0.0471. The molecule has 0 aliphatic carbocycles. The molecule has 0 fully saturated rings. The Morgan fingerprint density at radius 2 is 1.35 bits per heavy atom. The lowest BCUT2D eigenvalue weighted by atomic mass is 10.3. The number of hydrogen-bond donors (Lipinski definition) is 0. The van der Waals surface area contributed by atoms with Gasteiger partial charge in [0.1, 0.15) is 13.2 Å². The van der Waals surface area contributed by atoms with E-state index in [0.717, 1.165) is 12.1 Å². The highest BCUT2D eigenvalue weighted by atomic mass is 32.3. The lowest BCUT2D eigenvalue weighted by molar-refractivity contribution is 0.171. The van der Waals surface area contributed by atoms with Gasteiger partial charge in [-0.15, -0.1) is 7.77 Å². The first-order valence-electron chi connectivity index (χ1n) is 7.13.